The lowest BCUT2D eigenvalue weighted by Gasteiger charge is -2.24. The van der Waals surface area contributed by atoms with Gasteiger partial charge in [0.25, 0.3) is 5.69 Å². The smallest absolute Gasteiger partial charge is 0.323 e. The highest BCUT2D eigenvalue weighted by atomic mass is 32.2. The molecule has 0 saturated heterocycles. The second kappa shape index (κ2) is 39.8. The third-order valence-corrected chi connectivity index (χ3v) is 35.4. The Bertz CT molecular complexity index is 7990. The van der Waals surface area contributed by atoms with Crippen LogP contribution >= 0.6 is 11.8 Å². The van der Waals surface area contributed by atoms with Crippen molar-refractivity contribution in [2.45, 2.75) is 149 Å². The Labute approximate surface area is 818 Å². The number of halogens is 2. The van der Waals surface area contributed by atoms with E-state index in [2.05, 4.69) is 30.2 Å². The first kappa shape index (κ1) is 103. The van der Waals surface area contributed by atoms with Crippen molar-refractivity contribution in [2.75, 3.05) is 32.1 Å². The maximum atomic E-state index is 14.1. The van der Waals surface area contributed by atoms with Gasteiger partial charge in [0.1, 0.15) is 18.3 Å². The number of nitrogens with one attached hydrogen (secondary N) is 1. The summed E-state index contributed by atoms with van der Waals surface area (Å²) in [5.74, 6) is -0.365. The van der Waals surface area contributed by atoms with Crippen LogP contribution in [0, 0.1) is 22.5 Å². The molecule has 8 heterocycles. The molecule has 8 aromatic carbocycles. The van der Waals surface area contributed by atoms with Crippen LogP contribution in [0.15, 0.2) is 291 Å². The summed E-state index contributed by atoms with van der Waals surface area (Å²) < 4.78 is 131. The van der Waals surface area contributed by atoms with Gasteiger partial charge in [-0.25, -0.2) is 33.7 Å². The Hall–Kier alpha value is -13.2. The molecule has 31 heteroatoms. The number of amides is 1. The van der Waals surface area contributed by atoms with Gasteiger partial charge < -0.3 is 35.9 Å². The number of fused-ring (bicyclic) bond motifs is 4. The van der Waals surface area contributed by atoms with Crippen LogP contribution in [-0.4, -0.2) is 124 Å². The van der Waals surface area contributed by atoms with Crippen molar-refractivity contribution >= 4 is 101 Å². The molecule has 0 aliphatic heterocycles. The highest BCUT2D eigenvalue weighted by Crippen LogP contribution is 2.46. The van der Waals surface area contributed by atoms with Crippen LogP contribution in [0.3, 0.4) is 0 Å². The number of sulfone groups is 4. The SMILES string of the molecule is CC(C)(c1cc(-c2cccc(-c3ccc(C(=O)NC4CC4)[n+]([O-])c3)c2)c2ncccc2c1)S(C)(=O)=O.CC(O)C(F)(F)Sc1cncc(-c2cccc(-c3cc(C(C)(C)S(C)(=O)=O)cc4cccnc34)c2)c1.COCc1ccc(-c2cccc(-c3cc(C(C)(C)S(C)(=O)=O)cc4cccnc34)c2)c[n+]1[O-].Cc1cc(-c2cccc(-c3cc(C(C)(C)S(C)(=O)=O)cc4cccnc34)c2)c[n+]([O-])c1C(C)(C)O. The monoisotopic (exact) mass is 1980 g/mol. The van der Waals surface area contributed by atoms with E-state index in [1.165, 1.54) is 49.8 Å². The number of aromatic nitrogens is 8. The molecule has 17 rings (SSSR count). The molecule has 0 spiro atoms. The molecule has 1 aliphatic rings. The summed E-state index contributed by atoms with van der Waals surface area (Å²) in [6.45, 7) is 19.9. The fourth-order valence-corrected chi connectivity index (χ4v) is 19.1. The number of rotatable bonds is 24. The number of pyridine rings is 8. The topological polar surface area (TPSA) is 361 Å². The molecule has 1 fully saturated rings. The van der Waals surface area contributed by atoms with Crippen LogP contribution in [0.25, 0.3) is 133 Å². The Kier molecular flexibility index (Phi) is 29.2. The maximum absolute atomic E-state index is 14.1. The van der Waals surface area contributed by atoms with Gasteiger partial charge in [0.15, 0.2) is 57.9 Å². The number of hydrogen-bond donors (Lipinski definition) is 3. The van der Waals surface area contributed by atoms with Crippen molar-refractivity contribution in [1.82, 2.24) is 30.2 Å². The van der Waals surface area contributed by atoms with E-state index in [9.17, 15) is 73.1 Å². The second-order valence-corrected chi connectivity index (χ2v) is 49.3. The number of ether oxygens (including phenoxy) is 1. The molecular formula is C109H109F2N9O15S5. The Balaban J connectivity index is 0.000000149. The highest BCUT2D eigenvalue weighted by Gasteiger charge is 2.40. The number of nitrogens with zero attached hydrogens (tertiary/aromatic N) is 8. The molecular weight excluding hydrogens is 1870 g/mol. The van der Waals surface area contributed by atoms with E-state index in [0.717, 1.165) is 151 Å². The number of hydrogen-bond acceptors (Lipinski definition) is 21. The van der Waals surface area contributed by atoms with Crippen LogP contribution in [0.2, 0.25) is 0 Å². The number of thioether (sulfide) groups is 1. The quantitative estimate of drug-likeness (QED) is 0.0287. The van der Waals surface area contributed by atoms with Gasteiger partial charge in [-0.2, -0.15) is 23.0 Å². The molecule has 0 radical (unpaired) electrons. The van der Waals surface area contributed by atoms with Gasteiger partial charge in [-0.1, -0.05) is 97.1 Å². The van der Waals surface area contributed by atoms with Gasteiger partial charge in [0.05, 0.1) is 41.1 Å². The number of carbonyl (C=O) groups is 1. The molecule has 724 valence electrons. The van der Waals surface area contributed by atoms with Crippen LogP contribution in [-0.2, 0) is 75.3 Å². The zero-order valence-corrected chi connectivity index (χ0v) is 84.6. The van der Waals surface area contributed by atoms with Crippen molar-refractivity contribution in [3.63, 3.8) is 0 Å². The lowest BCUT2D eigenvalue weighted by molar-refractivity contribution is -0.621. The number of carbonyl (C=O) groups excluding carboxylic acids is 1. The summed E-state index contributed by atoms with van der Waals surface area (Å²) in [4.78, 5) is 34.9. The zero-order valence-electron chi connectivity index (χ0n) is 80.5. The molecule has 1 atom stereocenters. The van der Waals surface area contributed by atoms with Gasteiger partial charge in [-0.3, -0.25) is 29.7 Å². The standard InChI is InChI=1S/C28H27N3O4S.C28H30N2O4S.C27H26F2N2O3S2.C26H26N2O4S/c1-28(2,36(3,34)35)22-15-20-8-5-13-29-26(20)24(16-22)19-7-4-6-18(14-19)21-9-12-25(31(33)17-21)27(32)30-23-10-11-23;1-18-13-22(17-30(32)26(18)27(2,3)31)19-9-7-10-20(14-19)24-16-23(28(4,5)35(6,33)34)15-21-11-8-12-29-25(21)24;1-17(32)27(28,29)35-23-13-21(15-30-16-23)18-7-5-8-19(11-18)24-14-22(26(2,3)36(4,33)34)12-20-9-6-10-31-25(20)24;1-26(2,33(4,30)31)22-14-20-9-6-12-27-25(20)24(15-22)19-8-5-7-18(13-19)21-10-11-23(17-32-3)28(29)16-21/h4-9,12-17,23H,10-11H2,1-3H3,(H,30,32);7-17,31H,1-6H3;5-17,32H,1-4H3;5-16H,17H2,1-4H3. The molecule has 1 saturated carbocycles. The Morgan fingerprint density at radius 2 is 0.771 bits per heavy atom. The first-order valence-electron chi connectivity index (χ1n) is 44.9. The molecule has 24 nitrogen and oxygen atoms in total. The molecule has 1 aliphatic carbocycles. The largest absolute Gasteiger partial charge is 0.618 e. The van der Waals surface area contributed by atoms with Gasteiger partial charge in [0.2, 0.25) is 11.4 Å². The van der Waals surface area contributed by atoms with Gasteiger partial charge in [0, 0.05) is 164 Å². The number of benzene rings is 8. The van der Waals surface area contributed by atoms with Crippen LogP contribution in [0.5, 0.6) is 0 Å². The number of alkyl halides is 2. The third kappa shape index (κ3) is 22.1. The predicted octanol–water partition coefficient (Wildman–Crippen LogP) is 20.3. The molecule has 8 aromatic heterocycles. The molecule has 0 bridgehead atoms. The normalized spacial score (nSPS) is 13.2. The van der Waals surface area contributed by atoms with Crippen molar-refractivity contribution in [3.8, 4) is 89.0 Å². The van der Waals surface area contributed by atoms with Crippen molar-refractivity contribution in [1.29, 1.82) is 0 Å². The van der Waals surface area contributed by atoms with E-state index in [1.807, 2.05) is 207 Å². The second-order valence-electron chi connectivity index (χ2n) is 37.8. The summed E-state index contributed by atoms with van der Waals surface area (Å²) in [6, 6.07) is 71.4. The van der Waals surface area contributed by atoms with Gasteiger partial charge in [-0.15, -0.1) is 0 Å². The van der Waals surface area contributed by atoms with Crippen molar-refractivity contribution in [3.05, 3.63) is 347 Å². The lowest BCUT2D eigenvalue weighted by atomic mass is 9.92. The van der Waals surface area contributed by atoms with E-state index < -0.39 is 75.3 Å². The maximum Gasteiger partial charge on any atom is 0.323 e. The summed E-state index contributed by atoms with van der Waals surface area (Å²) >= 11 is 0.260. The van der Waals surface area contributed by atoms with Crippen LogP contribution < -0.4 is 19.5 Å². The molecule has 3 N–H and O–H groups in total. The van der Waals surface area contributed by atoms with Gasteiger partial charge >= 0.3 is 11.2 Å². The summed E-state index contributed by atoms with van der Waals surface area (Å²) in [6.07, 6.45) is 19.2. The number of methoxy groups -OCH3 is 1. The van der Waals surface area contributed by atoms with Crippen LogP contribution in [0.4, 0.5) is 8.78 Å². The average Bonchev–Trinajstić information content (AvgIpc) is 0.782. The summed E-state index contributed by atoms with van der Waals surface area (Å²) in [5.41, 5.74) is 18.7. The molecule has 1 unspecified atom stereocenters. The van der Waals surface area contributed by atoms with E-state index >= 15 is 0 Å². The van der Waals surface area contributed by atoms with E-state index in [0.29, 0.717) is 55.1 Å². The van der Waals surface area contributed by atoms with E-state index in [4.69, 9.17) is 4.74 Å². The summed E-state index contributed by atoms with van der Waals surface area (Å²) in [5, 5.41) is 60.3. The minimum atomic E-state index is -3.41. The fourth-order valence-electron chi connectivity index (χ4n) is 16.1. The zero-order chi connectivity index (χ0) is 102. The van der Waals surface area contributed by atoms with E-state index in [1.54, 1.807) is 138 Å². The van der Waals surface area contributed by atoms with Crippen LogP contribution in [0.1, 0.15) is 139 Å². The van der Waals surface area contributed by atoms with E-state index in [-0.39, 0.29) is 40.9 Å². The number of aryl methyl sites for hydroxylation is 1. The Morgan fingerprint density at radius 3 is 1.09 bits per heavy atom. The Morgan fingerprint density at radius 1 is 0.436 bits per heavy atom. The first-order valence-corrected chi connectivity index (χ1v) is 53.2. The lowest BCUT2D eigenvalue weighted by Crippen LogP contribution is -2.40. The third-order valence-electron chi connectivity index (χ3n) is 25.9. The minimum absolute atomic E-state index is 0.0627. The van der Waals surface area contributed by atoms with Crippen molar-refractivity contribution < 1.29 is 76.4 Å². The number of aliphatic hydroxyl groups excluding tert-OH is 1. The molecule has 140 heavy (non-hydrogen) atoms. The fraction of sp³-hybridized carbons (Fsp3) is 0.257. The minimum Gasteiger partial charge on any atom is -0.618 e. The number of aliphatic hydroxyl groups is 2. The predicted molar refractivity (Wildman–Crippen MR) is 550 cm³/mol. The summed E-state index contributed by atoms with van der Waals surface area (Å²) in [7, 11) is -12.0. The molecule has 16 aromatic rings. The average molecular weight is 1980 g/mol. The highest BCUT2D eigenvalue weighted by molar-refractivity contribution is 8.00. The van der Waals surface area contributed by atoms with Crippen molar-refractivity contribution in [2.24, 2.45) is 0 Å². The van der Waals surface area contributed by atoms with Gasteiger partial charge in [-0.05, 0) is 296 Å². The first-order chi connectivity index (χ1) is 65.6. The molecule has 1 amide bonds.